The molecule has 1 aromatic carbocycles. The molecule has 0 aliphatic carbocycles. The zero-order chi connectivity index (χ0) is 20.8. The first-order valence-corrected chi connectivity index (χ1v) is 9.61. The molecule has 0 aliphatic rings. The van der Waals surface area contributed by atoms with Crippen molar-refractivity contribution in [2.24, 2.45) is 0 Å². The van der Waals surface area contributed by atoms with Gasteiger partial charge in [0.15, 0.2) is 0 Å². The van der Waals surface area contributed by atoms with Crippen LogP contribution in [0.5, 0.6) is 0 Å². The van der Waals surface area contributed by atoms with E-state index >= 15 is 0 Å². The van der Waals surface area contributed by atoms with E-state index in [2.05, 4.69) is 30.1 Å². The van der Waals surface area contributed by atoms with E-state index in [1.54, 1.807) is 37.1 Å². The van der Waals surface area contributed by atoms with Crippen LogP contribution in [0.3, 0.4) is 0 Å². The molecule has 0 radical (unpaired) electrons. The van der Waals surface area contributed by atoms with Crippen LogP contribution in [-0.2, 0) is 0 Å². The number of rotatable bonds is 3. The number of H-pyrrole nitrogens is 2. The minimum atomic E-state index is -0.288. The van der Waals surface area contributed by atoms with E-state index in [1.165, 1.54) is 12.1 Å². The maximum absolute atomic E-state index is 13.8. The molecule has 0 aliphatic heterocycles. The van der Waals surface area contributed by atoms with Crippen LogP contribution in [0, 0.1) is 5.82 Å². The third-order valence-corrected chi connectivity index (χ3v) is 5.17. The summed E-state index contributed by atoms with van der Waals surface area (Å²) in [6.07, 6.45) is 8.42. The fourth-order valence-corrected chi connectivity index (χ4v) is 3.73. The summed E-state index contributed by atoms with van der Waals surface area (Å²) in [4.78, 5) is 20.9. The summed E-state index contributed by atoms with van der Waals surface area (Å²) >= 11 is 0. The minimum absolute atomic E-state index is 0.288. The predicted molar refractivity (Wildman–Crippen MR) is 115 cm³/mol. The Morgan fingerprint density at radius 2 is 1.81 bits per heavy atom. The summed E-state index contributed by atoms with van der Waals surface area (Å²) in [6.45, 7) is 0. The standard InChI is InChI=1S/C23H14FN7/c24-14-3-1-2-13(8-14)16-10-26-11-20-15(16)9-19(28-20)23-22-18(30-31-23)5-4-17(29-22)21-12-25-6-7-27-21/h1-12,28H,(H,30,31). The molecule has 0 saturated heterocycles. The fraction of sp³-hybridized carbons (Fsp3) is 0. The average molecular weight is 407 g/mol. The maximum Gasteiger partial charge on any atom is 0.135 e. The monoisotopic (exact) mass is 407 g/mol. The van der Waals surface area contributed by atoms with E-state index in [-0.39, 0.29) is 5.82 Å². The van der Waals surface area contributed by atoms with Crippen LogP contribution in [0.4, 0.5) is 4.39 Å². The highest BCUT2D eigenvalue weighted by Crippen LogP contribution is 2.33. The average Bonchev–Trinajstić information content (AvgIpc) is 3.43. The van der Waals surface area contributed by atoms with E-state index in [1.807, 2.05) is 24.3 Å². The number of nitrogens with zero attached hydrogens (tertiary/aromatic N) is 5. The fourth-order valence-electron chi connectivity index (χ4n) is 3.73. The van der Waals surface area contributed by atoms with Gasteiger partial charge in [-0.3, -0.25) is 20.1 Å². The highest BCUT2D eigenvalue weighted by Gasteiger charge is 2.16. The van der Waals surface area contributed by atoms with Gasteiger partial charge in [0, 0.05) is 29.5 Å². The molecule has 0 fully saturated rings. The Balaban J connectivity index is 1.52. The van der Waals surface area contributed by atoms with Gasteiger partial charge in [0.1, 0.15) is 22.7 Å². The van der Waals surface area contributed by atoms with Crippen LogP contribution in [0.2, 0.25) is 0 Å². The molecule has 6 aromatic rings. The number of hydrogen-bond acceptors (Lipinski definition) is 5. The lowest BCUT2D eigenvalue weighted by atomic mass is 10.0. The minimum Gasteiger partial charge on any atom is -0.352 e. The van der Waals surface area contributed by atoms with Crippen molar-refractivity contribution in [3.05, 3.63) is 79.3 Å². The van der Waals surface area contributed by atoms with Crippen molar-refractivity contribution in [1.29, 1.82) is 0 Å². The predicted octanol–water partition coefficient (Wildman–Crippen LogP) is 4.76. The van der Waals surface area contributed by atoms with Crippen LogP contribution >= 0.6 is 0 Å². The molecule has 0 spiro atoms. The third-order valence-electron chi connectivity index (χ3n) is 5.17. The van der Waals surface area contributed by atoms with Crippen LogP contribution in [0.1, 0.15) is 0 Å². The van der Waals surface area contributed by atoms with Crippen LogP contribution in [0.25, 0.3) is 55.8 Å². The van der Waals surface area contributed by atoms with Gasteiger partial charge in [0.2, 0.25) is 0 Å². The lowest BCUT2D eigenvalue weighted by Crippen LogP contribution is -1.89. The lowest BCUT2D eigenvalue weighted by Gasteiger charge is -2.02. The van der Waals surface area contributed by atoms with Crippen molar-refractivity contribution < 1.29 is 4.39 Å². The number of aromatic amines is 2. The second kappa shape index (κ2) is 6.81. The molecule has 31 heavy (non-hydrogen) atoms. The van der Waals surface area contributed by atoms with Gasteiger partial charge in [-0.15, -0.1) is 0 Å². The SMILES string of the molecule is Fc1cccc(-c2cncc3[nH]c(-c4n[nH]c5ccc(-c6cnccn6)nc45)cc23)c1. The van der Waals surface area contributed by atoms with Gasteiger partial charge in [0.05, 0.1) is 34.8 Å². The molecule has 5 heterocycles. The lowest BCUT2D eigenvalue weighted by molar-refractivity contribution is 0.628. The quantitative estimate of drug-likeness (QED) is 0.441. The molecule has 0 saturated carbocycles. The topological polar surface area (TPSA) is 96.0 Å². The normalized spacial score (nSPS) is 11.4. The summed E-state index contributed by atoms with van der Waals surface area (Å²) < 4.78 is 13.8. The molecule has 148 valence electrons. The van der Waals surface area contributed by atoms with Crippen molar-refractivity contribution in [1.82, 2.24) is 35.1 Å². The van der Waals surface area contributed by atoms with Crippen molar-refractivity contribution >= 4 is 21.9 Å². The van der Waals surface area contributed by atoms with Crippen LogP contribution in [0.15, 0.2) is 73.4 Å². The Bertz CT molecular complexity index is 1550. The number of hydrogen-bond donors (Lipinski definition) is 2. The van der Waals surface area contributed by atoms with Gasteiger partial charge in [-0.1, -0.05) is 12.1 Å². The molecule has 0 unspecified atom stereocenters. The molecule has 5 aromatic heterocycles. The highest BCUT2D eigenvalue weighted by atomic mass is 19.1. The first-order valence-electron chi connectivity index (χ1n) is 9.61. The van der Waals surface area contributed by atoms with Crippen LogP contribution < -0.4 is 0 Å². The van der Waals surface area contributed by atoms with Crippen molar-refractivity contribution in [3.63, 3.8) is 0 Å². The van der Waals surface area contributed by atoms with Crippen LogP contribution in [-0.4, -0.2) is 35.1 Å². The Kier molecular flexibility index (Phi) is 3.82. The van der Waals surface area contributed by atoms with Gasteiger partial charge in [-0.05, 0) is 35.9 Å². The molecule has 0 amide bonds. The summed E-state index contributed by atoms with van der Waals surface area (Å²) in [6, 6.07) is 12.3. The number of fused-ring (bicyclic) bond motifs is 2. The van der Waals surface area contributed by atoms with Gasteiger partial charge in [0.25, 0.3) is 0 Å². The first-order chi connectivity index (χ1) is 15.3. The smallest absolute Gasteiger partial charge is 0.135 e. The van der Waals surface area contributed by atoms with Crippen molar-refractivity contribution in [3.8, 4) is 33.9 Å². The van der Waals surface area contributed by atoms with Crippen molar-refractivity contribution in [2.75, 3.05) is 0 Å². The van der Waals surface area contributed by atoms with Gasteiger partial charge >= 0.3 is 0 Å². The van der Waals surface area contributed by atoms with E-state index in [9.17, 15) is 4.39 Å². The van der Waals surface area contributed by atoms with E-state index in [4.69, 9.17) is 4.98 Å². The number of pyridine rings is 2. The number of nitrogens with one attached hydrogen (secondary N) is 2. The van der Waals surface area contributed by atoms with E-state index in [0.717, 1.165) is 38.8 Å². The Morgan fingerprint density at radius 1 is 0.839 bits per heavy atom. The third kappa shape index (κ3) is 2.93. The largest absolute Gasteiger partial charge is 0.352 e. The molecule has 0 atom stereocenters. The molecular formula is C23H14FN7. The summed E-state index contributed by atoms with van der Waals surface area (Å²) in [5.41, 5.74) is 6.83. The first kappa shape index (κ1) is 17.4. The second-order valence-corrected chi connectivity index (χ2v) is 7.10. The summed E-state index contributed by atoms with van der Waals surface area (Å²) in [7, 11) is 0. The highest BCUT2D eigenvalue weighted by molar-refractivity contribution is 5.99. The zero-order valence-electron chi connectivity index (χ0n) is 16.0. The van der Waals surface area contributed by atoms with Gasteiger partial charge in [-0.25, -0.2) is 9.37 Å². The molecular weight excluding hydrogens is 393 g/mol. The van der Waals surface area contributed by atoms with E-state index in [0.29, 0.717) is 17.1 Å². The maximum atomic E-state index is 13.8. The number of benzene rings is 1. The number of halogens is 1. The van der Waals surface area contributed by atoms with Gasteiger partial charge in [-0.2, -0.15) is 5.10 Å². The summed E-state index contributed by atoms with van der Waals surface area (Å²) in [5, 5.41) is 8.43. The van der Waals surface area contributed by atoms with Gasteiger partial charge < -0.3 is 4.98 Å². The molecule has 7 nitrogen and oxygen atoms in total. The Morgan fingerprint density at radius 3 is 2.68 bits per heavy atom. The number of aromatic nitrogens is 7. The van der Waals surface area contributed by atoms with E-state index < -0.39 is 0 Å². The molecule has 0 bridgehead atoms. The zero-order valence-corrected chi connectivity index (χ0v) is 16.0. The molecule has 8 heteroatoms. The second-order valence-electron chi connectivity index (χ2n) is 7.10. The Labute approximate surface area is 175 Å². The summed E-state index contributed by atoms with van der Waals surface area (Å²) in [5.74, 6) is -0.288. The van der Waals surface area contributed by atoms with Crippen molar-refractivity contribution in [2.45, 2.75) is 0 Å². The molecule has 2 N–H and O–H groups in total. The molecule has 6 rings (SSSR count). The Hall–Kier alpha value is -4.46.